The second kappa shape index (κ2) is 65.0. The number of aliphatic hydroxyl groups is 1. The molecular formula is C64H82B21Br5F6MnN15O14S4. The molecule has 6 aromatic rings. The number of hydrogen-bond acceptors (Lipinski definition) is 23. The molecule has 0 saturated carbocycles. The number of guanidine groups is 2. The minimum absolute atomic E-state index is 0. The molecule has 7 N–H and O–H groups in total. The van der Waals surface area contributed by atoms with Gasteiger partial charge in [-0.2, -0.15) is 4.40 Å². The van der Waals surface area contributed by atoms with Gasteiger partial charge in [-0.15, -0.1) is 0 Å². The Balaban J connectivity index is -0.000000342. The molecule has 0 spiro atoms. The van der Waals surface area contributed by atoms with Gasteiger partial charge in [0.25, 0.3) is 0 Å². The van der Waals surface area contributed by atoms with Gasteiger partial charge in [0.05, 0.1) is 86.5 Å². The molecule has 5 atom stereocenters. The predicted octanol–water partition coefficient (Wildman–Crippen LogP) is 5.16. The Bertz CT molecular complexity index is 4790. The van der Waals surface area contributed by atoms with E-state index in [-0.39, 0.29) is 64.8 Å². The van der Waals surface area contributed by atoms with Crippen LogP contribution in [0.25, 0.3) is 0 Å². The first-order valence-corrected chi connectivity index (χ1v) is 46.3. The molecule has 29 nitrogen and oxygen atoms in total. The Labute approximate surface area is 835 Å². The van der Waals surface area contributed by atoms with Crippen LogP contribution in [0.3, 0.4) is 0 Å². The quantitative estimate of drug-likeness (QED) is 0.0432. The molecule has 6 aromatic heterocycles. The molecule has 0 saturated heterocycles. The zero-order chi connectivity index (χ0) is 102. The van der Waals surface area contributed by atoms with Crippen molar-refractivity contribution >= 4 is 319 Å². The van der Waals surface area contributed by atoms with E-state index < -0.39 is 168 Å². The van der Waals surface area contributed by atoms with Gasteiger partial charge in [0.2, 0.25) is 32.0 Å². The van der Waals surface area contributed by atoms with Crippen molar-refractivity contribution in [2.24, 2.45) is 19.5 Å². The van der Waals surface area contributed by atoms with Crippen molar-refractivity contribution < 1.29 is 103 Å². The number of nitrogens with one attached hydrogen (secondary N) is 2. The summed E-state index contributed by atoms with van der Waals surface area (Å²) in [6.07, 6.45) is 1.38. The molecule has 0 fully saturated rings. The van der Waals surface area contributed by atoms with Gasteiger partial charge >= 0.3 is 34.7 Å². The number of ether oxygens (including phenoxy) is 2. The number of aliphatic hydroxyl groups excluding tert-OH is 1. The molecule has 0 aromatic carbocycles. The number of aromatic nitrogens is 6. The maximum absolute atomic E-state index is 14.3. The van der Waals surface area contributed by atoms with E-state index in [1.807, 2.05) is 41.5 Å². The number of Topliss-reactive ketones (excluding diaryl/α,β-unsaturated/α-hetero) is 1. The molecule has 2 amide bonds. The average molecular weight is 2210 g/mol. The molecule has 130 heavy (non-hydrogen) atoms. The third kappa shape index (κ3) is 59.2. The van der Waals surface area contributed by atoms with Crippen molar-refractivity contribution in [2.75, 3.05) is 31.3 Å². The second-order valence-corrected chi connectivity index (χ2v) is 41.4. The van der Waals surface area contributed by atoms with E-state index in [0.717, 1.165) is 52.9 Å². The molecule has 33 radical (unpaired) electrons. The number of nitrogens with zero attached hydrogens (tertiary/aromatic N) is 11. The van der Waals surface area contributed by atoms with E-state index in [1.54, 1.807) is 54.5 Å². The summed E-state index contributed by atoms with van der Waals surface area (Å²) in [4.78, 5) is 65.4. The first kappa shape index (κ1) is 136. The summed E-state index contributed by atoms with van der Waals surface area (Å²) in [5, 5.41) is 18.7. The van der Waals surface area contributed by atoms with Crippen LogP contribution in [0.1, 0.15) is 156 Å². The van der Waals surface area contributed by atoms with Gasteiger partial charge in [0.15, 0.2) is 17.4 Å². The van der Waals surface area contributed by atoms with Crippen molar-refractivity contribution in [3.8, 4) is 0 Å². The number of nitrogens with two attached hydrogens (primary N) is 2. The maximum atomic E-state index is 14.3. The molecule has 1 unspecified atom stereocenters. The number of hydrogen-bond donors (Lipinski definition) is 5. The third-order valence-electron chi connectivity index (χ3n) is 13.6. The van der Waals surface area contributed by atoms with Crippen molar-refractivity contribution in [1.29, 1.82) is 0 Å². The van der Waals surface area contributed by atoms with Gasteiger partial charge in [-0.3, -0.25) is 20.6 Å². The van der Waals surface area contributed by atoms with Gasteiger partial charge < -0.3 is 20.3 Å². The van der Waals surface area contributed by atoms with E-state index in [9.17, 15) is 66.0 Å². The number of aliphatic imine (C=N–C) groups is 2. The van der Waals surface area contributed by atoms with Gasteiger partial charge in [-0.25, -0.2) is 110 Å². The first-order valence-electron chi connectivity index (χ1n) is 35.8. The Hall–Kier alpha value is -4.90. The van der Waals surface area contributed by atoms with Crippen LogP contribution in [0.15, 0.2) is 117 Å². The Morgan fingerprint density at radius 3 is 1.18 bits per heavy atom. The zero-order valence-corrected chi connectivity index (χ0v) is 86.5. The van der Waals surface area contributed by atoms with Crippen LogP contribution in [-0.4, -0.2) is 307 Å². The molecule has 0 bridgehead atoms. The van der Waals surface area contributed by atoms with Crippen LogP contribution < -0.4 is 21.5 Å². The first-order chi connectivity index (χ1) is 58.6. The number of sulfonamides is 2. The minimum atomic E-state index is -3.88. The molecule has 8 heterocycles. The summed E-state index contributed by atoms with van der Waals surface area (Å²) >= 11 is 14.0. The third-order valence-corrected chi connectivity index (χ3v) is 22.3. The van der Waals surface area contributed by atoms with Gasteiger partial charge in [0.1, 0.15) is 85.4 Å². The molecule has 2 aliphatic heterocycles. The fourth-order valence-electron chi connectivity index (χ4n) is 7.60. The molecule has 66 heteroatoms. The van der Waals surface area contributed by atoms with Crippen LogP contribution in [0.5, 0.6) is 0 Å². The molecule has 0 aliphatic carbocycles. The average Bonchev–Trinajstić information content (AvgIpc) is 0.755. The fourth-order valence-corrected chi connectivity index (χ4v) is 12.7. The Morgan fingerprint density at radius 1 is 0.585 bits per heavy atom. The normalized spacial score (nSPS) is 15.3. The number of anilines is 1. The topological polar surface area (TPSA) is 423 Å². The number of carbonyl (C=O) groups excluding carboxylic acids is 3. The number of rotatable bonds is 8. The van der Waals surface area contributed by atoms with Crippen LogP contribution in [0.4, 0.5) is 41.7 Å². The number of halogens is 11. The monoisotopic (exact) mass is 2210 g/mol. The van der Waals surface area contributed by atoms with Crippen LogP contribution in [0, 0.1) is 34.9 Å². The van der Waals surface area contributed by atoms with Gasteiger partial charge in [-0.1, -0.05) is 0 Å². The number of alkyl carbamates (subject to hydrolysis) is 2. The fraction of sp³-hybridized carbons (Fsp3) is 0.438. The summed E-state index contributed by atoms with van der Waals surface area (Å²) in [5.41, 5.74) is 2.11. The molecule has 668 valence electrons. The number of pyridine rings is 6. The molecule has 2 aliphatic rings. The summed E-state index contributed by atoms with van der Waals surface area (Å²) in [6.45, 7) is 28.3. The Kier molecular flexibility index (Phi) is 67.9. The summed E-state index contributed by atoms with van der Waals surface area (Å²) in [5.74, 6) is -5.07. The van der Waals surface area contributed by atoms with E-state index in [4.69, 9.17) is 87.3 Å². The van der Waals surface area contributed by atoms with Crippen LogP contribution in [0.2, 0.25) is 0 Å². The number of amides is 2. The van der Waals surface area contributed by atoms with Gasteiger partial charge in [0, 0.05) is 193 Å². The zero-order valence-electron chi connectivity index (χ0n) is 74.1. The van der Waals surface area contributed by atoms with Crippen molar-refractivity contribution in [2.45, 2.75) is 156 Å². The predicted molar refractivity (Wildman–Crippen MR) is 535 cm³/mol. The molecular weight excluding hydrogens is 2130 g/mol. The number of ketones is 1. The standard InChI is InChI=1S/C15H20BrFN4O4S.C15H22FN5O4S.C11H14BrFN2OS.C7H7BrFNO.C7H5BrFNO.C5H3BrFN.C4H11NOS.B6.B5.B4.B3.B2.B.Mn.2O/c1-14(2,3)25-13(22)19-12-20-15(4,8-26(23,24)21(12)5)9-6-11(16)18-7-10(9)17;1-14(2,3)25-13(22)19-12-20-15(4,8-26(23,24)21(12)5)9-6-11(17)18-7-10(9)16;1-7(15-17(16)11(2,3)4)8-5-10(12)14-6-9(8)13;2*1-4(11)5-2-7(8)10-3-6(5)9;6-5-2-1-4(7)3-8-5;1-4(2,3)7(5)6;1-5(2)6(3)4;1-4-5(2)3;1-4(2)3;1-3-2;1-2;;;;/h6-7H,8H2,1-5H3,(H,19,20,22);6-7H,8H2,1-5H3,(H2,17,18)(H,19,20,22);5-6H,1-4H3;2-4,11H,1H3;2-3H,1H3;1-3H;5H2,1-3H3;;;;;;;;;/t2*15-;17-;;;;7-;;;;;;;;;/m001...1........./s1. The number of carbonyl (C=O) groups is 3. The number of nitrogen functional groups attached to an aromatic ring is 1. The summed E-state index contributed by atoms with van der Waals surface area (Å²) in [6, 6.07) is 9.83. The van der Waals surface area contributed by atoms with Crippen molar-refractivity contribution in [3.05, 3.63) is 165 Å². The molecule has 8 rings (SSSR count). The second-order valence-electron chi connectivity index (χ2n) is 29.4. The Morgan fingerprint density at radius 2 is 0.892 bits per heavy atom. The van der Waals surface area contributed by atoms with Gasteiger partial charge in [-0.05, 0) is 240 Å². The van der Waals surface area contributed by atoms with E-state index in [0.29, 0.717) is 34.3 Å². The van der Waals surface area contributed by atoms with Crippen LogP contribution in [-0.2, 0) is 85.1 Å². The summed E-state index contributed by atoms with van der Waals surface area (Å²) < 4.78 is 186. The van der Waals surface area contributed by atoms with Crippen molar-refractivity contribution in [3.63, 3.8) is 0 Å². The van der Waals surface area contributed by atoms with Crippen molar-refractivity contribution in [1.82, 2.24) is 49.1 Å². The van der Waals surface area contributed by atoms with E-state index in [1.165, 1.54) is 85.2 Å². The van der Waals surface area contributed by atoms with E-state index in [2.05, 4.69) is 189 Å². The summed E-state index contributed by atoms with van der Waals surface area (Å²) in [7, 11) is 59.8. The SMILES string of the molecule is CC(=N[S@](=O)C(C)(C)C)c1cc(Br)ncc1F.CC(=O)c1cc(Br)ncc1F.CC(C)(C)[S@](N)=O.CC(O)c1cc(Br)ncc1F.CN1C(NC(=O)OC(C)(C)C)=N[C@](C)(c2cc(Br)ncc2F)CS1(=O)=O.CN1C(NC(=O)OC(C)(C)C)=N[C@](C)(c2cc(N)ncc2F)CS1(=O)=O.Fc1ccc(Br)nc1.[B].[B]B([B])B([B])[B].[B]B([B])[B].[B][B].[B][B]B([B])[B].[B][B][B].[O]=[Mn]=[O]. The van der Waals surface area contributed by atoms with E-state index >= 15 is 0 Å². The van der Waals surface area contributed by atoms with Crippen LogP contribution >= 0.6 is 79.6 Å².